The minimum absolute atomic E-state index is 0.743. The van der Waals surface area contributed by atoms with Gasteiger partial charge in [0.1, 0.15) is 0 Å². The van der Waals surface area contributed by atoms with E-state index >= 15 is 0 Å². The Hall–Kier alpha value is -1.86. The molecule has 0 aliphatic rings. The van der Waals surface area contributed by atoms with E-state index in [1.54, 1.807) is 0 Å². The van der Waals surface area contributed by atoms with Crippen molar-refractivity contribution in [3.8, 4) is 11.3 Å². The summed E-state index contributed by atoms with van der Waals surface area (Å²) in [4.78, 5) is 4.49. The lowest BCUT2D eigenvalue weighted by Gasteiger charge is -2.04. The molecule has 0 unspecified atom stereocenters. The molecule has 1 heterocycles. The molecular weight excluding hydrogens is 242 g/mol. The third-order valence-corrected chi connectivity index (χ3v) is 3.27. The number of aromatic nitrogens is 1. The second-order valence-electron chi connectivity index (χ2n) is 4.43. The van der Waals surface area contributed by atoms with Gasteiger partial charge in [-0.05, 0) is 30.5 Å². The number of benzene rings is 2. The molecule has 1 nitrogen and oxygen atoms in total. The molecule has 88 valence electrons. The molecule has 0 bridgehead atoms. The van der Waals surface area contributed by atoms with Gasteiger partial charge in [0, 0.05) is 22.2 Å². The van der Waals surface area contributed by atoms with Crippen LogP contribution < -0.4 is 0 Å². The van der Waals surface area contributed by atoms with Crippen LogP contribution in [0.25, 0.3) is 22.0 Å². The average Bonchev–Trinajstić information content (AvgIpc) is 2.39. The highest BCUT2D eigenvalue weighted by Gasteiger charge is 2.01. The van der Waals surface area contributed by atoms with Crippen LogP contribution in [-0.4, -0.2) is 4.98 Å². The van der Waals surface area contributed by atoms with Gasteiger partial charge >= 0.3 is 0 Å². The van der Waals surface area contributed by atoms with Gasteiger partial charge in [0.15, 0.2) is 0 Å². The lowest BCUT2D eigenvalue weighted by molar-refractivity contribution is 1.35. The van der Waals surface area contributed by atoms with Crippen molar-refractivity contribution in [2.24, 2.45) is 0 Å². The Morgan fingerprint density at radius 3 is 2.44 bits per heavy atom. The highest BCUT2D eigenvalue weighted by atomic mass is 35.5. The molecule has 18 heavy (non-hydrogen) atoms. The summed E-state index contributed by atoms with van der Waals surface area (Å²) >= 11 is 5.97. The number of pyridine rings is 1. The molecule has 0 saturated heterocycles. The average molecular weight is 254 g/mol. The highest BCUT2D eigenvalue weighted by Crippen LogP contribution is 2.24. The molecule has 0 aliphatic carbocycles. The first kappa shape index (κ1) is 11.2. The Morgan fingerprint density at radius 1 is 0.889 bits per heavy atom. The molecule has 0 amide bonds. The Labute approximate surface area is 111 Å². The fraction of sp³-hybridized carbons (Fsp3) is 0.0625. The van der Waals surface area contributed by atoms with Crippen LogP contribution in [0.15, 0.2) is 54.7 Å². The lowest BCUT2D eigenvalue weighted by atomic mass is 10.1. The van der Waals surface area contributed by atoms with Crippen LogP contribution >= 0.6 is 11.6 Å². The minimum Gasteiger partial charge on any atom is -0.256 e. The predicted molar refractivity (Wildman–Crippen MR) is 76.9 cm³/mol. The number of hydrogen-bond donors (Lipinski definition) is 0. The summed E-state index contributed by atoms with van der Waals surface area (Å²) in [5.41, 5.74) is 3.38. The Morgan fingerprint density at radius 2 is 1.67 bits per heavy atom. The Balaban J connectivity index is 2.13. The van der Waals surface area contributed by atoms with E-state index in [2.05, 4.69) is 42.2 Å². The molecule has 0 radical (unpaired) electrons. The molecule has 2 aromatic carbocycles. The predicted octanol–water partition coefficient (Wildman–Crippen LogP) is 4.86. The van der Waals surface area contributed by atoms with E-state index in [1.165, 1.54) is 5.56 Å². The van der Waals surface area contributed by atoms with Gasteiger partial charge in [-0.25, -0.2) is 0 Å². The first-order valence-corrected chi connectivity index (χ1v) is 6.22. The number of halogens is 1. The van der Waals surface area contributed by atoms with Crippen LogP contribution in [0.2, 0.25) is 5.02 Å². The molecule has 0 fully saturated rings. The topological polar surface area (TPSA) is 12.9 Å². The largest absolute Gasteiger partial charge is 0.256 e. The summed E-state index contributed by atoms with van der Waals surface area (Å²) in [6, 6.07) is 16.4. The molecule has 3 rings (SSSR count). The van der Waals surface area contributed by atoms with Crippen molar-refractivity contribution in [2.75, 3.05) is 0 Å². The van der Waals surface area contributed by atoms with Crippen molar-refractivity contribution in [1.82, 2.24) is 4.98 Å². The Kier molecular flexibility index (Phi) is 2.77. The van der Waals surface area contributed by atoms with E-state index in [0.717, 1.165) is 27.1 Å². The number of nitrogens with zero attached hydrogens (tertiary/aromatic N) is 1. The van der Waals surface area contributed by atoms with Gasteiger partial charge in [-0.1, -0.05) is 47.5 Å². The van der Waals surface area contributed by atoms with Crippen LogP contribution in [0.1, 0.15) is 5.56 Å². The van der Waals surface area contributed by atoms with E-state index in [1.807, 2.05) is 24.4 Å². The van der Waals surface area contributed by atoms with Crippen LogP contribution in [0.3, 0.4) is 0 Å². The van der Waals surface area contributed by atoms with Gasteiger partial charge < -0.3 is 0 Å². The third kappa shape index (κ3) is 2.09. The van der Waals surface area contributed by atoms with Gasteiger partial charge in [0.25, 0.3) is 0 Å². The zero-order valence-corrected chi connectivity index (χ0v) is 10.8. The maximum Gasteiger partial charge on any atom is 0.0708 e. The van der Waals surface area contributed by atoms with Crippen LogP contribution in [0, 0.1) is 6.92 Å². The van der Waals surface area contributed by atoms with Gasteiger partial charge in [-0.2, -0.15) is 0 Å². The van der Waals surface area contributed by atoms with Crippen molar-refractivity contribution >= 4 is 22.4 Å². The lowest BCUT2D eigenvalue weighted by Crippen LogP contribution is -1.84. The first-order valence-electron chi connectivity index (χ1n) is 5.85. The van der Waals surface area contributed by atoms with Crippen LogP contribution in [0.5, 0.6) is 0 Å². The second-order valence-corrected chi connectivity index (χ2v) is 4.86. The molecule has 1 aromatic heterocycles. The van der Waals surface area contributed by atoms with Crippen molar-refractivity contribution in [1.29, 1.82) is 0 Å². The first-order chi connectivity index (χ1) is 8.72. The highest BCUT2D eigenvalue weighted by molar-refractivity contribution is 6.31. The van der Waals surface area contributed by atoms with E-state index in [9.17, 15) is 0 Å². The summed E-state index contributed by atoms with van der Waals surface area (Å²) in [6.45, 7) is 2.08. The van der Waals surface area contributed by atoms with Gasteiger partial charge in [0.05, 0.1) is 5.69 Å². The third-order valence-electron chi connectivity index (χ3n) is 3.03. The van der Waals surface area contributed by atoms with E-state index < -0.39 is 0 Å². The number of fused-ring (bicyclic) bond motifs is 1. The van der Waals surface area contributed by atoms with Crippen molar-refractivity contribution in [3.63, 3.8) is 0 Å². The zero-order chi connectivity index (χ0) is 12.5. The van der Waals surface area contributed by atoms with Crippen molar-refractivity contribution in [3.05, 3.63) is 65.3 Å². The molecule has 0 N–H and O–H groups in total. The molecule has 0 saturated carbocycles. The minimum atomic E-state index is 0.743. The summed E-state index contributed by atoms with van der Waals surface area (Å²) in [5.74, 6) is 0. The van der Waals surface area contributed by atoms with Crippen molar-refractivity contribution < 1.29 is 0 Å². The molecule has 2 heteroatoms. The fourth-order valence-corrected chi connectivity index (χ4v) is 2.18. The quantitative estimate of drug-likeness (QED) is 0.603. The number of hydrogen-bond acceptors (Lipinski definition) is 1. The summed E-state index contributed by atoms with van der Waals surface area (Å²) < 4.78 is 0. The van der Waals surface area contributed by atoms with Crippen LogP contribution in [-0.2, 0) is 0 Å². The molecule has 3 aromatic rings. The van der Waals surface area contributed by atoms with E-state index in [4.69, 9.17) is 11.6 Å². The molecule has 0 atom stereocenters. The maximum atomic E-state index is 5.97. The van der Waals surface area contributed by atoms with Gasteiger partial charge in [0.2, 0.25) is 0 Å². The monoisotopic (exact) mass is 253 g/mol. The normalized spacial score (nSPS) is 10.8. The SMILES string of the molecule is Cc1ccc(-c2cc3ccc(Cl)cc3cn2)cc1. The summed E-state index contributed by atoms with van der Waals surface area (Å²) in [7, 11) is 0. The smallest absolute Gasteiger partial charge is 0.0708 e. The van der Waals surface area contributed by atoms with E-state index in [-0.39, 0.29) is 0 Å². The molecule has 0 aliphatic heterocycles. The van der Waals surface area contributed by atoms with Gasteiger partial charge in [-0.3, -0.25) is 4.98 Å². The standard InChI is InChI=1S/C16H12ClN/c1-11-2-4-12(5-3-11)16-9-13-6-7-15(17)8-14(13)10-18-16/h2-10H,1H3. The van der Waals surface area contributed by atoms with Gasteiger partial charge in [-0.15, -0.1) is 0 Å². The summed E-state index contributed by atoms with van der Waals surface area (Å²) in [6.07, 6.45) is 1.87. The zero-order valence-electron chi connectivity index (χ0n) is 10.0. The maximum absolute atomic E-state index is 5.97. The Bertz CT molecular complexity index is 702. The molecular formula is C16H12ClN. The number of aryl methyl sites for hydroxylation is 1. The van der Waals surface area contributed by atoms with Crippen LogP contribution in [0.4, 0.5) is 0 Å². The number of rotatable bonds is 1. The summed E-state index contributed by atoms with van der Waals surface area (Å²) in [5, 5.41) is 2.97. The second kappa shape index (κ2) is 4.43. The molecule has 0 spiro atoms. The van der Waals surface area contributed by atoms with E-state index in [0.29, 0.717) is 0 Å². The fourth-order valence-electron chi connectivity index (χ4n) is 1.99. The van der Waals surface area contributed by atoms with Crippen molar-refractivity contribution in [2.45, 2.75) is 6.92 Å².